The zero-order valence-corrected chi connectivity index (χ0v) is 32.5. The summed E-state index contributed by atoms with van der Waals surface area (Å²) < 4.78 is 0. The van der Waals surface area contributed by atoms with E-state index < -0.39 is 0 Å². The van der Waals surface area contributed by atoms with Crippen LogP contribution in [0.25, 0.3) is 87.6 Å². The van der Waals surface area contributed by atoms with Crippen molar-refractivity contribution in [3.8, 4) is 44.5 Å². The first-order valence-corrected chi connectivity index (χ1v) is 20.3. The number of benzene rings is 11. The van der Waals surface area contributed by atoms with Crippen LogP contribution in [0.15, 0.2) is 237 Å². The lowest BCUT2D eigenvalue weighted by molar-refractivity contribution is 1.28. The molecule has 11 aromatic carbocycles. The molecule has 0 saturated carbocycles. The average Bonchev–Trinajstić information content (AvgIpc) is 3.32. The van der Waals surface area contributed by atoms with Crippen molar-refractivity contribution in [3.05, 3.63) is 237 Å². The van der Waals surface area contributed by atoms with E-state index in [1.807, 2.05) is 0 Å². The summed E-state index contributed by atoms with van der Waals surface area (Å²) >= 11 is 0. The molecule has 0 aliphatic heterocycles. The van der Waals surface area contributed by atoms with E-state index in [0.717, 1.165) is 22.6 Å². The molecule has 0 heterocycles. The summed E-state index contributed by atoms with van der Waals surface area (Å²) in [5, 5.41) is 10.0. The molecule has 0 aliphatic rings. The number of rotatable bonds is 7. The van der Waals surface area contributed by atoms with Crippen molar-refractivity contribution in [1.29, 1.82) is 0 Å². The Balaban J connectivity index is 1.10. The minimum Gasteiger partial charge on any atom is -0.310 e. The maximum atomic E-state index is 2.43. The first-order valence-electron chi connectivity index (χ1n) is 20.3. The third-order valence-electron chi connectivity index (χ3n) is 11.8. The molecule has 59 heavy (non-hydrogen) atoms. The second-order valence-corrected chi connectivity index (χ2v) is 15.3. The highest BCUT2D eigenvalue weighted by atomic mass is 15.1. The Morgan fingerprint density at radius 3 is 1.53 bits per heavy atom. The quantitative estimate of drug-likeness (QED) is 0.147. The Bertz CT molecular complexity index is 3300. The summed E-state index contributed by atoms with van der Waals surface area (Å²) in [4.78, 5) is 2.43. The molecule has 0 unspecified atom stereocenters. The molecule has 1 nitrogen and oxygen atoms in total. The van der Waals surface area contributed by atoms with E-state index >= 15 is 0 Å². The van der Waals surface area contributed by atoms with Crippen molar-refractivity contribution in [2.45, 2.75) is 0 Å². The molecule has 0 amide bonds. The van der Waals surface area contributed by atoms with Crippen LogP contribution in [0.3, 0.4) is 0 Å². The molecule has 0 atom stereocenters. The third kappa shape index (κ3) is 6.30. The molecule has 11 rings (SSSR count). The van der Waals surface area contributed by atoms with Crippen molar-refractivity contribution in [3.63, 3.8) is 0 Å². The largest absolute Gasteiger partial charge is 0.310 e. The molecule has 0 aromatic heterocycles. The lowest BCUT2D eigenvalue weighted by Gasteiger charge is -2.29. The van der Waals surface area contributed by atoms with Crippen LogP contribution in [0.1, 0.15) is 0 Å². The molecule has 0 radical (unpaired) electrons. The first-order chi connectivity index (χ1) is 29.2. The minimum absolute atomic E-state index is 1.09. The Morgan fingerprint density at radius 2 is 0.763 bits per heavy atom. The lowest BCUT2D eigenvalue weighted by Crippen LogP contribution is -2.11. The lowest BCUT2D eigenvalue weighted by atomic mass is 9.92. The SMILES string of the molecule is c1ccc(-c2ccc(-c3cccc4ccccc34)cc2N(c2ccc(-c3ccc4ccccc4c3)cc2)c2ccc(-c3cc4ccccc4c4ccccc34)cc2)cc1. The van der Waals surface area contributed by atoms with E-state index in [0.29, 0.717) is 0 Å². The van der Waals surface area contributed by atoms with Gasteiger partial charge in [0.2, 0.25) is 0 Å². The van der Waals surface area contributed by atoms with Crippen LogP contribution in [0.5, 0.6) is 0 Å². The van der Waals surface area contributed by atoms with E-state index in [9.17, 15) is 0 Å². The van der Waals surface area contributed by atoms with Gasteiger partial charge in [0.25, 0.3) is 0 Å². The number of nitrogens with zero attached hydrogens (tertiary/aromatic N) is 1. The van der Waals surface area contributed by atoms with Gasteiger partial charge < -0.3 is 4.90 Å². The van der Waals surface area contributed by atoms with Crippen molar-refractivity contribution >= 4 is 60.2 Å². The Kier molecular flexibility index (Phi) is 8.56. The highest BCUT2D eigenvalue weighted by molar-refractivity contribution is 6.14. The normalized spacial score (nSPS) is 11.4. The van der Waals surface area contributed by atoms with Gasteiger partial charge >= 0.3 is 0 Å². The van der Waals surface area contributed by atoms with Crippen LogP contribution in [-0.2, 0) is 0 Å². The van der Waals surface area contributed by atoms with E-state index in [1.165, 1.54) is 82.0 Å². The van der Waals surface area contributed by atoms with Crippen molar-refractivity contribution < 1.29 is 0 Å². The van der Waals surface area contributed by atoms with Gasteiger partial charge in [0.05, 0.1) is 5.69 Å². The zero-order valence-electron chi connectivity index (χ0n) is 32.5. The van der Waals surface area contributed by atoms with Crippen molar-refractivity contribution in [2.24, 2.45) is 0 Å². The monoisotopic (exact) mass is 749 g/mol. The molecule has 11 aromatic rings. The first kappa shape index (κ1) is 34.5. The molecule has 0 aliphatic carbocycles. The van der Waals surface area contributed by atoms with Gasteiger partial charge in [-0.2, -0.15) is 0 Å². The van der Waals surface area contributed by atoms with Crippen LogP contribution in [0, 0.1) is 0 Å². The van der Waals surface area contributed by atoms with Crippen LogP contribution in [-0.4, -0.2) is 0 Å². The van der Waals surface area contributed by atoms with Gasteiger partial charge in [-0.25, -0.2) is 0 Å². The highest BCUT2D eigenvalue weighted by Gasteiger charge is 2.20. The smallest absolute Gasteiger partial charge is 0.0546 e. The fraction of sp³-hybridized carbons (Fsp3) is 0. The molecule has 0 fully saturated rings. The van der Waals surface area contributed by atoms with Gasteiger partial charge in [0.15, 0.2) is 0 Å². The summed E-state index contributed by atoms with van der Waals surface area (Å²) in [6.07, 6.45) is 0. The maximum Gasteiger partial charge on any atom is 0.0546 e. The Morgan fingerprint density at radius 1 is 0.220 bits per heavy atom. The molecule has 1 heteroatoms. The fourth-order valence-electron chi connectivity index (χ4n) is 8.91. The molecule has 0 N–H and O–H groups in total. The third-order valence-corrected chi connectivity index (χ3v) is 11.8. The van der Waals surface area contributed by atoms with Crippen molar-refractivity contribution in [2.75, 3.05) is 4.90 Å². The maximum absolute atomic E-state index is 2.43. The van der Waals surface area contributed by atoms with Crippen LogP contribution in [0.4, 0.5) is 17.1 Å². The van der Waals surface area contributed by atoms with E-state index in [-0.39, 0.29) is 0 Å². The van der Waals surface area contributed by atoms with Crippen LogP contribution >= 0.6 is 0 Å². The van der Waals surface area contributed by atoms with Gasteiger partial charge in [0.1, 0.15) is 0 Å². The molecule has 0 saturated heterocycles. The molecule has 0 spiro atoms. The summed E-state index contributed by atoms with van der Waals surface area (Å²) in [6.45, 7) is 0. The average molecular weight is 750 g/mol. The van der Waals surface area contributed by atoms with E-state index in [4.69, 9.17) is 0 Å². The summed E-state index contributed by atoms with van der Waals surface area (Å²) in [5.41, 5.74) is 12.8. The van der Waals surface area contributed by atoms with Gasteiger partial charge in [-0.3, -0.25) is 0 Å². The van der Waals surface area contributed by atoms with Crippen LogP contribution < -0.4 is 4.90 Å². The summed E-state index contributed by atoms with van der Waals surface area (Å²) in [5.74, 6) is 0. The Labute approximate surface area is 344 Å². The molecular formula is C58H39N. The summed E-state index contributed by atoms with van der Waals surface area (Å²) in [7, 11) is 0. The predicted molar refractivity (Wildman–Crippen MR) is 253 cm³/mol. The van der Waals surface area contributed by atoms with Crippen LogP contribution in [0.2, 0.25) is 0 Å². The highest BCUT2D eigenvalue weighted by Crippen LogP contribution is 2.45. The van der Waals surface area contributed by atoms with E-state index in [1.54, 1.807) is 0 Å². The molecular weight excluding hydrogens is 711 g/mol. The topological polar surface area (TPSA) is 3.24 Å². The van der Waals surface area contributed by atoms with Gasteiger partial charge in [-0.15, -0.1) is 0 Å². The number of fused-ring (bicyclic) bond motifs is 5. The second kappa shape index (κ2) is 14.6. The standard InChI is InChI=1S/C58H39N/c1-2-14-43(15-3-1)54-36-31-48(52-24-12-19-42-16-6-8-20-51(42)52)39-58(54)59(49-32-27-41(28-33-49)46-26-25-40-13-4-5-17-45(40)37-46)50-34-29-44(30-35-50)57-38-47-18-7-9-21-53(47)55-22-10-11-23-56(55)57/h1-39H. The second-order valence-electron chi connectivity index (χ2n) is 15.3. The predicted octanol–water partition coefficient (Wildman–Crippen LogP) is 16.4. The van der Waals surface area contributed by atoms with E-state index in [2.05, 4.69) is 241 Å². The number of anilines is 3. The minimum atomic E-state index is 1.09. The number of hydrogen-bond donors (Lipinski definition) is 0. The number of hydrogen-bond acceptors (Lipinski definition) is 1. The summed E-state index contributed by atoms with van der Waals surface area (Å²) in [6, 6.07) is 86.4. The fourth-order valence-corrected chi connectivity index (χ4v) is 8.91. The molecule has 0 bridgehead atoms. The van der Waals surface area contributed by atoms with Gasteiger partial charge in [0, 0.05) is 16.9 Å². The Hall–Kier alpha value is -7.74. The van der Waals surface area contributed by atoms with Gasteiger partial charge in [-0.05, 0) is 124 Å². The zero-order chi connectivity index (χ0) is 39.1. The van der Waals surface area contributed by atoms with Gasteiger partial charge in [-0.1, -0.05) is 194 Å². The van der Waals surface area contributed by atoms with Crippen molar-refractivity contribution in [1.82, 2.24) is 0 Å². The molecule has 276 valence electrons.